The number of nitrogens with zero attached hydrogens (tertiary/aromatic N) is 1. The van der Waals surface area contributed by atoms with Crippen molar-refractivity contribution in [3.63, 3.8) is 0 Å². The van der Waals surface area contributed by atoms with E-state index >= 15 is 0 Å². The predicted octanol–water partition coefficient (Wildman–Crippen LogP) is 4.15. The van der Waals surface area contributed by atoms with Gasteiger partial charge in [-0.05, 0) is 49.6 Å². The van der Waals surface area contributed by atoms with E-state index in [0.717, 1.165) is 17.9 Å². The van der Waals surface area contributed by atoms with Crippen LogP contribution < -0.4 is 15.8 Å². The van der Waals surface area contributed by atoms with Gasteiger partial charge >= 0.3 is 0 Å². The second-order valence-corrected chi connectivity index (χ2v) is 4.95. The lowest BCUT2D eigenvalue weighted by molar-refractivity contribution is 0.329. The first-order valence-electron chi connectivity index (χ1n) is 7.48. The molecule has 0 fully saturated rings. The highest BCUT2D eigenvalue weighted by Crippen LogP contribution is 2.23. The fraction of sp³-hybridized carbons (Fsp3) is 0.353. The molecule has 1 aromatic heterocycles. The number of ether oxygens (including phenoxy) is 1. The number of benzene rings is 1. The van der Waals surface area contributed by atoms with Gasteiger partial charge in [0.25, 0.3) is 0 Å². The van der Waals surface area contributed by atoms with Crippen LogP contribution in [0.1, 0.15) is 32.3 Å². The van der Waals surface area contributed by atoms with Gasteiger partial charge in [-0.2, -0.15) is 4.98 Å². The molecule has 112 valence electrons. The summed E-state index contributed by atoms with van der Waals surface area (Å²) in [4.78, 5) is 4.37. The number of hydrogen-bond donors (Lipinski definition) is 2. The van der Waals surface area contributed by atoms with Crippen molar-refractivity contribution in [3.05, 3.63) is 42.0 Å². The summed E-state index contributed by atoms with van der Waals surface area (Å²) in [6, 6.07) is 12.1. The van der Waals surface area contributed by atoms with E-state index in [1.54, 1.807) is 6.07 Å². The third-order valence-corrected chi connectivity index (χ3v) is 3.22. The standard InChI is InChI=1S/C17H23N3O/c1-3-5-6-13-7-9-14(10-8-13)19-16-12-11-15(18)17(20-16)21-4-2/h7-12H,3-6,18H2,1-2H3,(H,19,20). The predicted molar refractivity (Wildman–Crippen MR) is 88.2 cm³/mol. The van der Waals surface area contributed by atoms with Gasteiger partial charge in [0.1, 0.15) is 5.82 Å². The van der Waals surface area contributed by atoms with E-state index in [1.165, 1.54) is 18.4 Å². The largest absolute Gasteiger partial charge is 0.476 e. The molecule has 0 saturated carbocycles. The molecule has 2 aromatic rings. The minimum atomic E-state index is 0.474. The highest BCUT2D eigenvalue weighted by Gasteiger charge is 2.04. The van der Waals surface area contributed by atoms with Gasteiger partial charge in [-0.3, -0.25) is 0 Å². The smallest absolute Gasteiger partial charge is 0.239 e. The third kappa shape index (κ3) is 4.38. The highest BCUT2D eigenvalue weighted by molar-refractivity contribution is 5.60. The van der Waals surface area contributed by atoms with Gasteiger partial charge in [0.05, 0.1) is 12.3 Å². The summed E-state index contributed by atoms with van der Waals surface area (Å²) in [6.45, 7) is 4.67. The van der Waals surface area contributed by atoms with Gasteiger partial charge in [0.2, 0.25) is 5.88 Å². The fourth-order valence-corrected chi connectivity index (χ4v) is 2.06. The molecule has 1 heterocycles. The van der Waals surface area contributed by atoms with Gasteiger partial charge < -0.3 is 15.8 Å². The molecular formula is C17H23N3O. The second-order valence-electron chi connectivity index (χ2n) is 4.95. The first kappa shape index (κ1) is 15.2. The van der Waals surface area contributed by atoms with Crippen LogP contribution in [0.5, 0.6) is 5.88 Å². The van der Waals surface area contributed by atoms with Crippen LogP contribution in [-0.4, -0.2) is 11.6 Å². The molecule has 0 aliphatic carbocycles. The average molecular weight is 285 g/mol. The zero-order valence-electron chi connectivity index (χ0n) is 12.7. The zero-order valence-corrected chi connectivity index (χ0v) is 12.7. The number of aromatic nitrogens is 1. The van der Waals surface area contributed by atoms with Crippen molar-refractivity contribution in [3.8, 4) is 5.88 Å². The van der Waals surface area contributed by atoms with Crippen molar-refractivity contribution in [2.75, 3.05) is 17.7 Å². The zero-order chi connectivity index (χ0) is 15.1. The molecule has 21 heavy (non-hydrogen) atoms. The molecule has 4 heteroatoms. The number of nitrogen functional groups attached to an aromatic ring is 1. The minimum absolute atomic E-state index is 0.474. The maximum absolute atomic E-state index is 5.82. The highest BCUT2D eigenvalue weighted by atomic mass is 16.5. The quantitative estimate of drug-likeness (QED) is 0.802. The van der Waals surface area contributed by atoms with Crippen molar-refractivity contribution in [2.45, 2.75) is 33.1 Å². The number of nitrogens with one attached hydrogen (secondary N) is 1. The summed E-state index contributed by atoms with van der Waals surface area (Å²) in [5, 5.41) is 3.27. The van der Waals surface area contributed by atoms with Crippen LogP contribution in [0.4, 0.5) is 17.2 Å². The summed E-state index contributed by atoms with van der Waals surface area (Å²) < 4.78 is 5.40. The van der Waals surface area contributed by atoms with E-state index in [0.29, 0.717) is 18.2 Å². The Labute approximate surface area is 126 Å². The number of hydrogen-bond acceptors (Lipinski definition) is 4. The number of unbranched alkanes of at least 4 members (excludes halogenated alkanes) is 1. The summed E-state index contributed by atoms with van der Waals surface area (Å²) >= 11 is 0. The van der Waals surface area contributed by atoms with Gasteiger partial charge in [-0.1, -0.05) is 25.5 Å². The Balaban J connectivity index is 2.05. The first-order valence-corrected chi connectivity index (χ1v) is 7.48. The molecule has 0 aliphatic heterocycles. The van der Waals surface area contributed by atoms with Crippen molar-refractivity contribution in [1.29, 1.82) is 0 Å². The lowest BCUT2D eigenvalue weighted by Gasteiger charge is -2.10. The Hall–Kier alpha value is -2.23. The van der Waals surface area contributed by atoms with Crippen LogP contribution in [0.25, 0.3) is 0 Å². The Morgan fingerprint density at radius 3 is 2.52 bits per heavy atom. The molecule has 0 bridgehead atoms. The monoisotopic (exact) mass is 285 g/mol. The molecule has 0 saturated heterocycles. The maximum Gasteiger partial charge on any atom is 0.239 e. The number of nitrogens with two attached hydrogens (primary N) is 1. The summed E-state index contributed by atoms with van der Waals surface area (Å²) in [5.74, 6) is 1.20. The minimum Gasteiger partial charge on any atom is -0.476 e. The maximum atomic E-state index is 5.82. The lowest BCUT2D eigenvalue weighted by atomic mass is 10.1. The Morgan fingerprint density at radius 1 is 1.10 bits per heavy atom. The van der Waals surface area contributed by atoms with Crippen molar-refractivity contribution in [1.82, 2.24) is 4.98 Å². The van der Waals surface area contributed by atoms with Gasteiger partial charge in [0.15, 0.2) is 0 Å². The normalized spacial score (nSPS) is 10.4. The average Bonchev–Trinajstić information content (AvgIpc) is 2.50. The van der Waals surface area contributed by atoms with Crippen LogP contribution in [0, 0.1) is 0 Å². The molecule has 0 spiro atoms. The molecule has 2 rings (SSSR count). The van der Waals surface area contributed by atoms with E-state index in [9.17, 15) is 0 Å². The van der Waals surface area contributed by atoms with E-state index in [2.05, 4.69) is 41.5 Å². The van der Waals surface area contributed by atoms with Gasteiger partial charge in [-0.15, -0.1) is 0 Å². The molecule has 0 aliphatic rings. The number of anilines is 3. The van der Waals surface area contributed by atoms with Crippen LogP contribution >= 0.6 is 0 Å². The number of pyridine rings is 1. The van der Waals surface area contributed by atoms with Gasteiger partial charge in [-0.25, -0.2) is 0 Å². The van der Waals surface area contributed by atoms with Crippen LogP contribution in [0.15, 0.2) is 36.4 Å². The summed E-state index contributed by atoms with van der Waals surface area (Å²) in [7, 11) is 0. The lowest BCUT2D eigenvalue weighted by Crippen LogP contribution is -2.02. The van der Waals surface area contributed by atoms with E-state index in [-0.39, 0.29) is 0 Å². The van der Waals surface area contributed by atoms with Crippen molar-refractivity contribution >= 4 is 17.2 Å². The van der Waals surface area contributed by atoms with Crippen molar-refractivity contribution in [2.24, 2.45) is 0 Å². The summed E-state index contributed by atoms with van der Waals surface area (Å²) in [6.07, 6.45) is 3.57. The SMILES string of the molecule is CCCCc1ccc(Nc2ccc(N)c(OCC)n2)cc1. The third-order valence-electron chi connectivity index (χ3n) is 3.22. The molecule has 1 aromatic carbocycles. The first-order chi connectivity index (χ1) is 10.2. The van der Waals surface area contributed by atoms with Crippen molar-refractivity contribution < 1.29 is 4.74 Å². The molecule has 0 atom stereocenters. The molecule has 0 radical (unpaired) electrons. The van der Waals surface area contributed by atoms with E-state index in [4.69, 9.17) is 10.5 Å². The molecule has 0 unspecified atom stereocenters. The fourth-order valence-electron chi connectivity index (χ4n) is 2.06. The van der Waals surface area contributed by atoms with Crippen LogP contribution in [-0.2, 0) is 6.42 Å². The Kier molecular flexibility index (Phi) is 5.43. The topological polar surface area (TPSA) is 60.2 Å². The van der Waals surface area contributed by atoms with E-state index in [1.807, 2.05) is 13.0 Å². The van der Waals surface area contributed by atoms with Gasteiger partial charge in [0, 0.05) is 5.69 Å². The molecule has 3 N–H and O–H groups in total. The second kappa shape index (κ2) is 7.53. The number of rotatable bonds is 7. The number of aryl methyl sites for hydroxylation is 1. The Bertz CT molecular complexity index is 567. The van der Waals surface area contributed by atoms with E-state index < -0.39 is 0 Å². The molecular weight excluding hydrogens is 262 g/mol. The Morgan fingerprint density at radius 2 is 1.86 bits per heavy atom. The summed E-state index contributed by atoms with van der Waals surface area (Å²) in [5.41, 5.74) is 8.75. The van der Waals surface area contributed by atoms with Crippen LogP contribution in [0.3, 0.4) is 0 Å². The van der Waals surface area contributed by atoms with Crippen LogP contribution in [0.2, 0.25) is 0 Å². The molecule has 0 amide bonds. The molecule has 4 nitrogen and oxygen atoms in total.